The summed E-state index contributed by atoms with van der Waals surface area (Å²) < 4.78 is 11.0. The Morgan fingerprint density at radius 1 is 1.15 bits per heavy atom. The fourth-order valence-electron chi connectivity index (χ4n) is 3.40. The van der Waals surface area contributed by atoms with E-state index in [1.807, 2.05) is 42.2 Å². The maximum atomic E-state index is 12.8. The van der Waals surface area contributed by atoms with Crippen LogP contribution in [0.5, 0.6) is 5.75 Å². The number of aryl methyl sites for hydroxylation is 1. The lowest BCUT2D eigenvalue weighted by Gasteiger charge is -2.35. The van der Waals surface area contributed by atoms with Gasteiger partial charge in [0.05, 0.1) is 12.7 Å². The van der Waals surface area contributed by atoms with Crippen molar-refractivity contribution in [3.05, 3.63) is 53.5 Å². The van der Waals surface area contributed by atoms with Crippen LogP contribution < -0.4 is 4.74 Å². The molecule has 0 unspecified atom stereocenters. The number of carbonyl (C=O) groups excluding carboxylic acids is 1. The van der Waals surface area contributed by atoms with Gasteiger partial charge in [0.15, 0.2) is 0 Å². The van der Waals surface area contributed by atoms with Gasteiger partial charge in [0.25, 0.3) is 5.91 Å². The van der Waals surface area contributed by atoms with Gasteiger partial charge in [-0.25, -0.2) is 0 Å². The third-order valence-corrected chi connectivity index (χ3v) is 5.12. The molecular weight excluding hydrogens is 328 g/mol. The number of hydrogen-bond donors (Lipinski definition) is 0. The number of furan rings is 1. The average molecular weight is 356 g/mol. The Morgan fingerprint density at radius 2 is 1.88 bits per heavy atom. The molecule has 1 aliphatic heterocycles. The first-order chi connectivity index (χ1) is 12.6. The fourth-order valence-corrected chi connectivity index (χ4v) is 3.40. The molecule has 0 aliphatic carbocycles. The Kier molecular flexibility index (Phi) is 5.99. The quantitative estimate of drug-likeness (QED) is 0.794. The second kappa shape index (κ2) is 8.41. The molecule has 26 heavy (non-hydrogen) atoms. The van der Waals surface area contributed by atoms with Gasteiger partial charge in [-0.15, -0.1) is 0 Å². The predicted octanol–water partition coefficient (Wildman–Crippen LogP) is 3.55. The molecule has 5 heteroatoms. The molecule has 0 bridgehead atoms. The van der Waals surface area contributed by atoms with Gasteiger partial charge >= 0.3 is 0 Å². The van der Waals surface area contributed by atoms with Crippen LogP contribution in [0.15, 0.2) is 40.8 Å². The molecule has 140 valence electrons. The van der Waals surface area contributed by atoms with Crippen LogP contribution in [0.1, 0.15) is 41.1 Å². The number of hydrogen-bond acceptors (Lipinski definition) is 4. The molecule has 1 amide bonds. The first-order valence-electron chi connectivity index (χ1n) is 9.29. The van der Waals surface area contributed by atoms with E-state index < -0.39 is 0 Å². The zero-order valence-electron chi connectivity index (χ0n) is 15.9. The van der Waals surface area contributed by atoms with Crippen molar-refractivity contribution in [2.24, 2.45) is 0 Å². The maximum Gasteiger partial charge on any atom is 0.257 e. The predicted molar refractivity (Wildman–Crippen MR) is 102 cm³/mol. The minimum Gasteiger partial charge on any atom is -0.496 e. The van der Waals surface area contributed by atoms with E-state index in [1.54, 1.807) is 7.11 Å². The Bertz CT molecular complexity index is 732. The topological polar surface area (TPSA) is 45.9 Å². The van der Waals surface area contributed by atoms with Gasteiger partial charge in [0.1, 0.15) is 17.3 Å². The van der Waals surface area contributed by atoms with E-state index >= 15 is 0 Å². The second-order valence-corrected chi connectivity index (χ2v) is 6.97. The first kappa shape index (κ1) is 18.5. The second-order valence-electron chi connectivity index (χ2n) is 6.97. The number of benzene rings is 1. The van der Waals surface area contributed by atoms with Gasteiger partial charge in [-0.2, -0.15) is 0 Å². The van der Waals surface area contributed by atoms with Crippen LogP contribution in [0, 0.1) is 6.92 Å². The Labute approximate surface area is 155 Å². The smallest absolute Gasteiger partial charge is 0.257 e. The molecular formula is C21H28N2O3. The molecule has 2 aromatic rings. The number of amides is 1. The molecule has 1 fully saturated rings. The van der Waals surface area contributed by atoms with Crippen LogP contribution >= 0.6 is 0 Å². The zero-order chi connectivity index (χ0) is 18.5. The van der Waals surface area contributed by atoms with Crippen molar-refractivity contribution in [3.8, 4) is 5.75 Å². The van der Waals surface area contributed by atoms with Crippen LogP contribution in [-0.4, -0.2) is 55.5 Å². The van der Waals surface area contributed by atoms with E-state index in [2.05, 4.69) is 17.9 Å². The van der Waals surface area contributed by atoms with Crippen molar-refractivity contribution < 1.29 is 13.9 Å². The highest BCUT2D eigenvalue weighted by Crippen LogP contribution is 2.23. The summed E-state index contributed by atoms with van der Waals surface area (Å²) >= 11 is 0. The highest BCUT2D eigenvalue weighted by Gasteiger charge is 2.24. The average Bonchev–Trinajstić information content (AvgIpc) is 3.12. The van der Waals surface area contributed by atoms with Crippen LogP contribution in [0.4, 0.5) is 0 Å². The molecule has 3 rings (SSSR count). The zero-order valence-corrected chi connectivity index (χ0v) is 15.9. The lowest BCUT2D eigenvalue weighted by Crippen LogP contribution is -2.49. The molecule has 1 aliphatic rings. The van der Waals surface area contributed by atoms with Crippen molar-refractivity contribution in [1.29, 1.82) is 0 Å². The maximum absolute atomic E-state index is 12.8. The summed E-state index contributed by atoms with van der Waals surface area (Å²) in [6.07, 6.45) is 1.06. The number of nitrogens with zero attached hydrogens (tertiary/aromatic N) is 2. The number of rotatable bonds is 6. The lowest BCUT2D eigenvalue weighted by molar-refractivity contribution is 0.0630. The van der Waals surface area contributed by atoms with Gasteiger partial charge in [-0.1, -0.05) is 19.1 Å². The molecule has 1 aromatic heterocycles. The van der Waals surface area contributed by atoms with Gasteiger partial charge in [-0.3, -0.25) is 9.69 Å². The van der Waals surface area contributed by atoms with Crippen molar-refractivity contribution in [2.75, 3.05) is 39.8 Å². The number of carbonyl (C=O) groups is 1. The number of para-hydroxylation sites is 1. The molecule has 0 spiro atoms. The third kappa shape index (κ3) is 4.28. The monoisotopic (exact) mass is 356 g/mol. The van der Waals surface area contributed by atoms with Gasteiger partial charge in [0.2, 0.25) is 0 Å². The molecule has 1 atom stereocenters. The van der Waals surface area contributed by atoms with Crippen LogP contribution in [0.25, 0.3) is 0 Å². The molecule has 0 saturated carbocycles. The minimum atomic E-state index is 0.0570. The summed E-state index contributed by atoms with van der Waals surface area (Å²) in [6, 6.07) is 11.5. The van der Waals surface area contributed by atoms with E-state index in [1.165, 1.54) is 0 Å². The molecule has 2 heterocycles. The highest BCUT2D eigenvalue weighted by atomic mass is 16.5. The summed E-state index contributed by atoms with van der Waals surface area (Å²) in [4.78, 5) is 17.1. The lowest BCUT2D eigenvalue weighted by atomic mass is 10.0. The normalized spacial score (nSPS) is 16.5. The summed E-state index contributed by atoms with van der Waals surface area (Å²) in [5, 5.41) is 0. The van der Waals surface area contributed by atoms with Gasteiger partial charge < -0.3 is 14.1 Å². The summed E-state index contributed by atoms with van der Waals surface area (Å²) in [6.45, 7) is 8.54. The molecule has 5 nitrogen and oxygen atoms in total. The van der Waals surface area contributed by atoms with Crippen molar-refractivity contribution in [2.45, 2.75) is 26.2 Å². The molecule has 0 radical (unpaired) electrons. The van der Waals surface area contributed by atoms with E-state index in [9.17, 15) is 4.79 Å². The third-order valence-electron chi connectivity index (χ3n) is 5.12. The van der Waals surface area contributed by atoms with Crippen LogP contribution in [-0.2, 0) is 0 Å². The fraction of sp³-hybridized carbons (Fsp3) is 0.476. The Morgan fingerprint density at radius 3 is 2.54 bits per heavy atom. The summed E-state index contributed by atoms with van der Waals surface area (Å²) in [5.74, 6) is 3.14. The molecule has 0 N–H and O–H groups in total. The van der Waals surface area contributed by atoms with Crippen molar-refractivity contribution in [1.82, 2.24) is 9.80 Å². The van der Waals surface area contributed by atoms with E-state index in [-0.39, 0.29) is 5.91 Å². The van der Waals surface area contributed by atoms with E-state index in [0.717, 1.165) is 50.7 Å². The Balaban J connectivity index is 1.49. The standard InChI is InChI=1S/C21H28N2O3/c1-16(19-9-8-17(2)26-19)10-11-22-12-14-23(15-13-22)21(24)18-6-4-5-7-20(18)25-3/h4-9,16H,10-15H2,1-3H3/t16-/m0/s1. The van der Waals surface area contributed by atoms with E-state index in [0.29, 0.717) is 17.2 Å². The van der Waals surface area contributed by atoms with Crippen molar-refractivity contribution in [3.63, 3.8) is 0 Å². The number of piperazine rings is 1. The number of methoxy groups -OCH3 is 1. The SMILES string of the molecule is COc1ccccc1C(=O)N1CCN(CC[C@H](C)c2ccc(C)o2)CC1. The largest absolute Gasteiger partial charge is 0.496 e. The highest BCUT2D eigenvalue weighted by molar-refractivity contribution is 5.97. The van der Waals surface area contributed by atoms with Crippen molar-refractivity contribution >= 4 is 5.91 Å². The Hall–Kier alpha value is -2.27. The van der Waals surface area contributed by atoms with E-state index in [4.69, 9.17) is 9.15 Å². The van der Waals surface area contributed by atoms with Gasteiger partial charge in [0, 0.05) is 32.1 Å². The van der Waals surface area contributed by atoms with Crippen LogP contribution in [0.3, 0.4) is 0 Å². The summed E-state index contributed by atoms with van der Waals surface area (Å²) in [5.41, 5.74) is 0.644. The first-order valence-corrected chi connectivity index (χ1v) is 9.29. The summed E-state index contributed by atoms with van der Waals surface area (Å²) in [7, 11) is 1.60. The van der Waals surface area contributed by atoms with Gasteiger partial charge in [-0.05, 0) is 44.2 Å². The molecule has 1 saturated heterocycles. The minimum absolute atomic E-state index is 0.0570. The number of ether oxygens (including phenoxy) is 1. The van der Waals surface area contributed by atoms with Crippen LogP contribution in [0.2, 0.25) is 0 Å². The molecule has 1 aromatic carbocycles.